The van der Waals surface area contributed by atoms with Crippen LogP contribution >= 0.6 is 65.6 Å². The summed E-state index contributed by atoms with van der Waals surface area (Å²) < 4.78 is 33.1. The lowest BCUT2D eigenvalue weighted by atomic mass is 10.0. The first-order valence-electron chi connectivity index (χ1n) is 18.7. The SMILES string of the molecule is CCC(=O)OC(C)(C)C.COC(=O)[C@@H](C)CC(=O)c1cc2cc(OC)c(Br)cc2s1.COC(=O)[C@@H](C)CC(=O)c1cc2cc(OC)c(N(C)C(=O)OC(C)(C)C)cc2s1.S.S. The summed E-state index contributed by atoms with van der Waals surface area (Å²) in [5.74, 6) is -0.837. The first-order chi connectivity index (χ1) is 27.4. The van der Waals surface area contributed by atoms with Crippen LogP contribution in [0.15, 0.2) is 40.9 Å². The van der Waals surface area contributed by atoms with Crippen LogP contribution in [-0.2, 0) is 33.3 Å². The molecule has 0 spiro atoms. The number of methoxy groups -OCH3 is 4. The van der Waals surface area contributed by atoms with Gasteiger partial charge in [0.1, 0.15) is 22.7 Å². The second-order valence-electron chi connectivity index (χ2n) is 15.4. The van der Waals surface area contributed by atoms with Crippen LogP contribution < -0.4 is 14.4 Å². The molecule has 4 rings (SSSR count). The molecule has 61 heavy (non-hydrogen) atoms. The van der Waals surface area contributed by atoms with Gasteiger partial charge >= 0.3 is 24.0 Å². The molecular weight excluding hydrogens is 931 g/mol. The van der Waals surface area contributed by atoms with Crippen molar-refractivity contribution in [3.63, 3.8) is 0 Å². The van der Waals surface area contributed by atoms with Crippen molar-refractivity contribution >= 4 is 127 Å². The molecule has 340 valence electrons. The molecule has 0 radical (unpaired) electrons. The Morgan fingerprint density at radius 2 is 1.07 bits per heavy atom. The quantitative estimate of drug-likeness (QED) is 0.0752. The summed E-state index contributed by atoms with van der Waals surface area (Å²) in [6.45, 7) is 16.1. The van der Waals surface area contributed by atoms with Crippen LogP contribution in [0.1, 0.15) is 101 Å². The number of ketones is 2. The van der Waals surface area contributed by atoms with E-state index in [1.54, 1.807) is 73.9 Å². The molecule has 1 amide bonds. The van der Waals surface area contributed by atoms with Gasteiger partial charge in [-0.25, -0.2) is 4.79 Å². The second-order valence-corrected chi connectivity index (χ2v) is 18.4. The fraction of sp³-hybridized carbons (Fsp3) is 0.488. The molecule has 0 saturated heterocycles. The highest BCUT2D eigenvalue weighted by molar-refractivity contribution is 9.10. The van der Waals surface area contributed by atoms with Crippen LogP contribution in [0.25, 0.3) is 20.2 Å². The lowest BCUT2D eigenvalue weighted by Crippen LogP contribution is -2.34. The summed E-state index contributed by atoms with van der Waals surface area (Å²) in [6.07, 6.45) is 0.172. The Hall–Kier alpha value is -3.84. The smallest absolute Gasteiger partial charge is 0.414 e. The van der Waals surface area contributed by atoms with Crippen molar-refractivity contribution in [2.45, 2.75) is 92.8 Å². The van der Waals surface area contributed by atoms with Gasteiger partial charge < -0.3 is 28.4 Å². The van der Waals surface area contributed by atoms with Crippen LogP contribution in [0.4, 0.5) is 10.5 Å². The average Bonchev–Trinajstić information content (AvgIpc) is 3.78. The molecule has 13 nitrogen and oxygen atoms in total. The molecule has 2 aromatic heterocycles. The minimum absolute atomic E-state index is 0. The zero-order chi connectivity index (χ0) is 45.0. The van der Waals surface area contributed by atoms with Gasteiger partial charge in [-0.1, -0.05) is 20.8 Å². The molecule has 2 aromatic carbocycles. The number of carbonyl (C=O) groups excluding carboxylic acids is 6. The predicted octanol–water partition coefficient (Wildman–Crippen LogP) is 10.7. The number of esters is 3. The fourth-order valence-corrected chi connectivity index (χ4v) is 7.84. The zero-order valence-corrected chi connectivity index (χ0v) is 42.5. The Kier molecular flexibility index (Phi) is 23.7. The number of halogens is 1. The third-order valence-corrected chi connectivity index (χ3v) is 11.0. The van der Waals surface area contributed by atoms with Crippen LogP contribution in [0.2, 0.25) is 0 Å². The van der Waals surface area contributed by atoms with E-state index in [0.29, 0.717) is 27.6 Å². The van der Waals surface area contributed by atoms with Gasteiger partial charge in [0.05, 0.1) is 60.2 Å². The van der Waals surface area contributed by atoms with E-state index in [2.05, 4.69) is 25.4 Å². The molecule has 18 heteroatoms. The summed E-state index contributed by atoms with van der Waals surface area (Å²) in [6, 6.07) is 11.0. The lowest BCUT2D eigenvalue weighted by molar-refractivity contribution is -0.154. The Labute approximate surface area is 389 Å². The number of carbonyl (C=O) groups is 6. The van der Waals surface area contributed by atoms with Crippen LogP contribution in [0.5, 0.6) is 11.5 Å². The number of anilines is 1. The van der Waals surface area contributed by atoms with E-state index in [-0.39, 0.29) is 68.9 Å². The van der Waals surface area contributed by atoms with Crippen molar-refractivity contribution < 1.29 is 57.2 Å². The Bertz CT molecular complexity index is 2130. The van der Waals surface area contributed by atoms with Gasteiger partial charge in [0, 0.05) is 35.7 Å². The van der Waals surface area contributed by atoms with Crippen molar-refractivity contribution in [2.24, 2.45) is 11.8 Å². The van der Waals surface area contributed by atoms with E-state index in [1.165, 1.54) is 48.9 Å². The molecule has 0 saturated carbocycles. The van der Waals surface area contributed by atoms with Crippen molar-refractivity contribution in [2.75, 3.05) is 40.4 Å². The Morgan fingerprint density at radius 3 is 1.43 bits per heavy atom. The summed E-state index contributed by atoms with van der Waals surface area (Å²) in [4.78, 5) is 73.4. The van der Waals surface area contributed by atoms with E-state index in [9.17, 15) is 28.8 Å². The Morgan fingerprint density at radius 1 is 0.656 bits per heavy atom. The summed E-state index contributed by atoms with van der Waals surface area (Å²) in [5.41, 5.74) is -0.410. The number of ether oxygens (including phenoxy) is 6. The minimum Gasteiger partial charge on any atom is -0.496 e. The number of amides is 1. The maximum Gasteiger partial charge on any atom is 0.414 e. The first-order valence-corrected chi connectivity index (χ1v) is 21.1. The van der Waals surface area contributed by atoms with Crippen LogP contribution in [-0.4, -0.2) is 82.3 Å². The largest absolute Gasteiger partial charge is 0.496 e. The molecule has 0 aliphatic rings. The third-order valence-electron chi connectivity index (χ3n) is 8.09. The lowest BCUT2D eigenvalue weighted by Gasteiger charge is -2.25. The maximum absolute atomic E-state index is 12.6. The van der Waals surface area contributed by atoms with Gasteiger partial charge in [0.15, 0.2) is 11.6 Å². The van der Waals surface area contributed by atoms with Crippen molar-refractivity contribution in [1.82, 2.24) is 0 Å². The van der Waals surface area contributed by atoms with E-state index < -0.39 is 29.5 Å². The normalized spacial score (nSPS) is 11.7. The summed E-state index contributed by atoms with van der Waals surface area (Å²) in [7, 11) is 7.35. The molecule has 2 heterocycles. The monoisotopic (exact) mass is 989 g/mol. The van der Waals surface area contributed by atoms with Crippen LogP contribution in [0, 0.1) is 11.8 Å². The fourth-order valence-electron chi connectivity index (χ4n) is 5.12. The number of hydrogen-bond donors (Lipinski definition) is 0. The molecule has 0 N–H and O–H groups in total. The third kappa shape index (κ3) is 17.8. The van der Waals surface area contributed by atoms with E-state index in [4.69, 9.17) is 18.9 Å². The number of benzene rings is 2. The summed E-state index contributed by atoms with van der Waals surface area (Å²) >= 11 is 6.15. The van der Waals surface area contributed by atoms with Crippen molar-refractivity contribution in [3.8, 4) is 11.5 Å². The number of fused-ring (bicyclic) bond motifs is 2. The van der Waals surface area contributed by atoms with Crippen molar-refractivity contribution in [1.29, 1.82) is 0 Å². The second kappa shape index (κ2) is 25.3. The Balaban J connectivity index is 0.000000985. The number of Topliss-reactive ketones (excluding diaryl/α,β-unsaturated/α-hetero) is 2. The topological polar surface area (TPSA) is 161 Å². The van der Waals surface area contributed by atoms with E-state index in [1.807, 2.05) is 39.0 Å². The highest BCUT2D eigenvalue weighted by Gasteiger charge is 2.25. The van der Waals surface area contributed by atoms with Crippen molar-refractivity contribution in [3.05, 3.63) is 50.6 Å². The average molecular weight is 991 g/mol. The first kappa shape index (κ1) is 57.2. The molecule has 0 fully saturated rings. The maximum atomic E-state index is 12.6. The number of nitrogens with zero attached hydrogens (tertiary/aromatic N) is 1. The number of thiophene rings is 2. The molecule has 0 unspecified atom stereocenters. The molecule has 0 aliphatic carbocycles. The standard InChI is InChI=1S/C21H27NO6S.C15H15BrO4S.C7H14O2.2H2S/c1-12(19(24)27-7)8-15(23)18-10-13-9-16(26-6)14(11-17(13)29-18)22(5)20(25)28-21(2,3)4;1-8(15(18)20-3)4-11(17)14-6-9-5-12(19-2)10(16)7-13(9)21-14;1-5-6(8)9-7(2,3)4;;/h9-12H,8H2,1-7H3;5-8H,4H2,1-3H3;5H2,1-4H3;2*1H2/t12-;8-;;;/m00.../s1. The molecule has 2 atom stereocenters. The number of rotatable bonds is 12. The molecule has 0 aliphatic heterocycles. The van der Waals surface area contributed by atoms with E-state index in [0.717, 1.165) is 30.4 Å². The molecular formula is C43H60BrNO12S4. The summed E-state index contributed by atoms with van der Waals surface area (Å²) in [5, 5.41) is 1.77. The zero-order valence-electron chi connectivity index (χ0n) is 37.3. The minimum atomic E-state index is -0.623. The predicted molar refractivity (Wildman–Crippen MR) is 256 cm³/mol. The molecule has 0 bridgehead atoms. The van der Waals surface area contributed by atoms with Crippen LogP contribution in [0.3, 0.4) is 0 Å². The van der Waals surface area contributed by atoms with Gasteiger partial charge in [-0.15, -0.1) is 22.7 Å². The highest BCUT2D eigenvalue weighted by Crippen LogP contribution is 2.38. The van der Waals surface area contributed by atoms with Gasteiger partial charge in [-0.05, 0) is 105 Å². The molecule has 4 aromatic rings. The van der Waals surface area contributed by atoms with E-state index >= 15 is 0 Å². The van der Waals surface area contributed by atoms with Gasteiger partial charge in [-0.2, -0.15) is 27.0 Å². The van der Waals surface area contributed by atoms with Gasteiger partial charge in [0.2, 0.25) is 0 Å². The number of hydrogen-bond acceptors (Lipinski definition) is 14. The highest BCUT2D eigenvalue weighted by atomic mass is 79.9. The van der Waals surface area contributed by atoms with Gasteiger partial charge in [0.25, 0.3) is 0 Å². The van der Waals surface area contributed by atoms with Gasteiger partial charge in [-0.3, -0.25) is 28.9 Å².